The molecule has 3 N–H and O–H groups in total. The summed E-state index contributed by atoms with van der Waals surface area (Å²) in [6, 6.07) is 13.2. The minimum atomic E-state index is -0.536. The van der Waals surface area contributed by atoms with Crippen molar-refractivity contribution in [2.24, 2.45) is 0 Å². The van der Waals surface area contributed by atoms with E-state index < -0.39 is 11.9 Å². The molecule has 108 valence electrons. The van der Waals surface area contributed by atoms with Crippen LogP contribution < -0.4 is 16.0 Å². The minimum Gasteiger partial charge on any atom is -0.399 e. The number of carbonyl (C=O) groups excluding carboxylic acids is 2. The Bertz CT molecular complexity index is 688. The molecule has 0 spiro atoms. The van der Waals surface area contributed by atoms with Gasteiger partial charge in [0, 0.05) is 22.8 Å². The van der Waals surface area contributed by atoms with Crippen LogP contribution >= 0.6 is 15.9 Å². The molecule has 0 atom stereocenters. The number of nitrogen functional groups attached to an aromatic ring is 1. The molecule has 3 amide bonds. The number of amides is 3. The topological polar surface area (TPSA) is 75.4 Å². The van der Waals surface area contributed by atoms with Gasteiger partial charge in [-0.05, 0) is 36.4 Å². The summed E-state index contributed by atoms with van der Waals surface area (Å²) < 4.78 is 0.832. The lowest BCUT2D eigenvalue weighted by atomic mass is 10.2. The molecular formula is C15H14BrN3O2. The number of imide groups is 1. The number of nitrogens with zero attached hydrogens (tertiary/aromatic N) is 1. The van der Waals surface area contributed by atoms with Gasteiger partial charge in [-0.3, -0.25) is 4.79 Å². The third kappa shape index (κ3) is 3.82. The summed E-state index contributed by atoms with van der Waals surface area (Å²) in [4.78, 5) is 25.1. The fourth-order valence-corrected chi connectivity index (χ4v) is 2.25. The van der Waals surface area contributed by atoms with Gasteiger partial charge in [0.15, 0.2) is 0 Å². The molecule has 2 aromatic rings. The number of benzene rings is 2. The van der Waals surface area contributed by atoms with Crippen molar-refractivity contribution in [3.8, 4) is 0 Å². The molecule has 0 fully saturated rings. The molecule has 2 rings (SSSR count). The van der Waals surface area contributed by atoms with Crippen LogP contribution in [0.1, 0.15) is 6.92 Å². The highest BCUT2D eigenvalue weighted by Gasteiger charge is 2.20. The summed E-state index contributed by atoms with van der Waals surface area (Å²) in [6.45, 7) is 1.32. The zero-order chi connectivity index (χ0) is 15.4. The molecule has 0 bridgehead atoms. The summed E-state index contributed by atoms with van der Waals surface area (Å²) in [5, 5.41) is 2.68. The van der Waals surface area contributed by atoms with Crippen molar-refractivity contribution >= 4 is 44.9 Å². The van der Waals surface area contributed by atoms with Crippen molar-refractivity contribution in [2.45, 2.75) is 6.92 Å². The molecule has 0 aromatic heterocycles. The van der Waals surface area contributed by atoms with E-state index in [-0.39, 0.29) is 0 Å². The van der Waals surface area contributed by atoms with Crippen LogP contribution in [0.3, 0.4) is 0 Å². The van der Waals surface area contributed by atoms with Crippen molar-refractivity contribution in [2.75, 3.05) is 16.0 Å². The zero-order valence-electron chi connectivity index (χ0n) is 11.3. The van der Waals surface area contributed by atoms with Crippen molar-refractivity contribution in [3.63, 3.8) is 0 Å². The molecule has 0 saturated carbocycles. The van der Waals surface area contributed by atoms with Crippen molar-refractivity contribution in [1.82, 2.24) is 0 Å². The predicted molar refractivity (Wildman–Crippen MR) is 87.2 cm³/mol. The van der Waals surface area contributed by atoms with Crippen LogP contribution in [0, 0.1) is 0 Å². The summed E-state index contributed by atoms with van der Waals surface area (Å²) >= 11 is 3.32. The van der Waals surface area contributed by atoms with E-state index in [4.69, 9.17) is 5.73 Å². The summed E-state index contributed by atoms with van der Waals surface area (Å²) in [5.74, 6) is -0.395. The summed E-state index contributed by atoms with van der Waals surface area (Å²) in [7, 11) is 0. The summed E-state index contributed by atoms with van der Waals surface area (Å²) in [6.07, 6.45) is 0. The van der Waals surface area contributed by atoms with Crippen LogP contribution in [-0.2, 0) is 4.79 Å². The smallest absolute Gasteiger partial charge is 0.333 e. The molecular weight excluding hydrogens is 334 g/mol. The molecule has 0 aliphatic rings. The third-order valence-corrected chi connectivity index (χ3v) is 3.22. The minimum absolute atomic E-state index is 0.395. The lowest BCUT2D eigenvalue weighted by Gasteiger charge is -2.20. The monoisotopic (exact) mass is 347 g/mol. The molecule has 0 aliphatic carbocycles. The Morgan fingerprint density at radius 2 is 1.86 bits per heavy atom. The van der Waals surface area contributed by atoms with Gasteiger partial charge in [0.2, 0.25) is 5.91 Å². The maximum atomic E-state index is 12.3. The van der Waals surface area contributed by atoms with Gasteiger partial charge < -0.3 is 11.1 Å². The van der Waals surface area contributed by atoms with E-state index in [1.165, 1.54) is 6.92 Å². The Balaban J connectivity index is 2.26. The normalized spacial score (nSPS) is 10.0. The van der Waals surface area contributed by atoms with Crippen LogP contribution in [0.15, 0.2) is 53.0 Å². The third-order valence-electron chi connectivity index (χ3n) is 2.72. The molecule has 0 saturated heterocycles. The number of rotatable bonds is 2. The van der Waals surface area contributed by atoms with Crippen molar-refractivity contribution in [1.29, 1.82) is 0 Å². The van der Waals surface area contributed by atoms with E-state index in [9.17, 15) is 9.59 Å². The quantitative estimate of drug-likeness (QED) is 0.814. The number of anilines is 3. The highest BCUT2D eigenvalue weighted by Crippen LogP contribution is 2.20. The Morgan fingerprint density at radius 3 is 2.48 bits per heavy atom. The number of hydrogen-bond acceptors (Lipinski definition) is 3. The van der Waals surface area contributed by atoms with Crippen molar-refractivity contribution in [3.05, 3.63) is 53.0 Å². The van der Waals surface area contributed by atoms with Crippen LogP contribution in [0.5, 0.6) is 0 Å². The largest absolute Gasteiger partial charge is 0.399 e. The number of carbonyl (C=O) groups is 2. The zero-order valence-corrected chi connectivity index (χ0v) is 12.9. The number of halogens is 1. The van der Waals surface area contributed by atoms with Crippen LogP contribution in [-0.4, -0.2) is 11.9 Å². The van der Waals surface area contributed by atoms with Crippen molar-refractivity contribution < 1.29 is 9.59 Å². The van der Waals surface area contributed by atoms with Gasteiger partial charge >= 0.3 is 6.03 Å². The first-order valence-corrected chi connectivity index (χ1v) is 6.99. The van der Waals surface area contributed by atoms with Gasteiger partial charge in [-0.15, -0.1) is 0 Å². The molecule has 6 heteroatoms. The van der Waals surface area contributed by atoms with Crippen LogP contribution in [0.2, 0.25) is 0 Å². The highest BCUT2D eigenvalue weighted by atomic mass is 79.9. The Labute approximate surface area is 130 Å². The fourth-order valence-electron chi connectivity index (χ4n) is 1.85. The van der Waals surface area contributed by atoms with Gasteiger partial charge in [0.1, 0.15) is 0 Å². The Morgan fingerprint density at radius 1 is 1.14 bits per heavy atom. The van der Waals surface area contributed by atoms with E-state index in [0.717, 1.165) is 9.37 Å². The van der Waals surface area contributed by atoms with E-state index in [1.807, 2.05) is 6.07 Å². The lowest BCUT2D eigenvalue weighted by molar-refractivity contribution is -0.115. The van der Waals surface area contributed by atoms with E-state index in [1.54, 1.807) is 42.5 Å². The van der Waals surface area contributed by atoms with E-state index in [2.05, 4.69) is 21.2 Å². The van der Waals surface area contributed by atoms with Gasteiger partial charge in [0.05, 0.1) is 5.69 Å². The first-order chi connectivity index (χ1) is 9.97. The maximum Gasteiger partial charge on any atom is 0.333 e. The Kier molecular flexibility index (Phi) is 4.59. The molecule has 0 heterocycles. The molecule has 0 aliphatic heterocycles. The Hall–Kier alpha value is -2.34. The second-order valence-electron chi connectivity index (χ2n) is 4.39. The number of hydrogen-bond donors (Lipinski definition) is 2. The summed E-state index contributed by atoms with van der Waals surface area (Å²) in [5.41, 5.74) is 7.19. The predicted octanol–water partition coefficient (Wildman–Crippen LogP) is 3.62. The SMILES string of the molecule is CC(=O)N(C(=O)Nc1cccc(Br)c1)c1cccc(N)c1. The number of nitrogens with two attached hydrogens (primary N) is 1. The molecule has 21 heavy (non-hydrogen) atoms. The maximum absolute atomic E-state index is 12.3. The van der Waals surface area contributed by atoms with Crippen LogP contribution in [0.4, 0.5) is 21.9 Å². The standard InChI is InChI=1S/C15H14BrN3O2/c1-10(20)19(14-7-3-5-12(17)9-14)15(21)18-13-6-2-4-11(16)8-13/h2-9H,17H2,1H3,(H,18,21). The van der Waals surface area contributed by atoms with E-state index >= 15 is 0 Å². The van der Waals surface area contributed by atoms with Gasteiger partial charge in [-0.25, -0.2) is 9.69 Å². The first-order valence-electron chi connectivity index (χ1n) is 6.20. The van der Waals surface area contributed by atoms with Gasteiger partial charge in [0.25, 0.3) is 0 Å². The van der Waals surface area contributed by atoms with E-state index in [0.29, 0.717) is 17.1 Å². The average Bonchev–Trinajstić information content (AvgIpc) is 2.38. The second-order valence-corrected chi connectivity index (χ2v) is 5.31. The highest BCUT2D eigenvalue weighted by molar-refractivity contribution is 9.10. The first kappa shape index (κ1) is 15.1. The lowest BCUT2D eigenvalue weighted by Crippen LogP contribution is -2.38. The molecule has 5 nitrogen and oxygen atoms in total. The number of urea groups is 1. The van der Waals surface area contributed by atoms with Gasteiger partial charge in [-0.1, -0.05) is 28.1 Å². The van der Waals surface area contributed by atoms with Crippen LogP contribution in [0.25, 0.3) is 0 Å². The van der Waals surface area contributed by atoms with Gasteiger partial charge in [-0.2, -0.15) is 0 Å². The average molecular weight is 348 g/mol. The molecule has 2 aromatic carbocycles. The number of nitrogens with one attached hydrogen (secondary N) is 1. The fraction of sp³-hybridized carbons (Fsp3) is 0.0667. The second kappa shape index (κ2) is 6.41. The molecule has 0 unspecified atom stereocenters. The molecule has 0 radical (unpaired) electrons.